The summed E-state index contributed by atoms with van der Waals surface area (Å²) in [5.74, 6) is 0. The van der Waals surface area contributed by atoms with E-state index in [4.69, 9.17) is 58.0 Å². The molecule has 0 amide bonds. The lowest BCUT2D eigenvalue weighted by atomic mass is 10.0. The average Bonchev–Trinajstić information content (AvgIpc) is 2.17. The van der Waals surface area contributed by atoms with E-state index < -0.39 is 8.13 Å². The number of hydrogen-bond donors (Lipinski definition) is 0. The second kappa shape index (κ2) is 5.54. The molecule has 0 heterocycles. The lowest BCUT2D eigenvalue weighted by molar-refractivity contribution is 0.863. The molecule has 0 radical (unpaired) electrons. The van der Waals surface area contributed by atoms with Crippen molar-refractivity contribution in [2.75, 3.05) is 0 Å². The highest BCUT2D eigenvalue weighted by Crippen LogP contribution is 2.52. The number of halogens is 5. The molecule has 16 heavy (non-hydrogen) atoms. The van der Waals surface area contributed by atoms with Gasteiger partial charge in [-0.25, -0.2) is 0 Å². The van der Waals surface area contributed by atoms with E-state index in [1.165, 1.54) is 0 Å². The third kappa shape index (κ3) is 3.34. The maximum Gasteiger partial charge on any atom is 0.227 e. The molecule has 0 aliphatic carbocycles. The van der Waals surface area contributed by atoms with Crippen molar-refractivity contribution >= 4 is 58.0 Å². The van der Waals surface area contributed by atoms with Gasteiger partial charge in [0.2, 0.25) is 3.79 Å². The zero-order valence-electron chi connectivity index (χ0n) is 8.61. The van der Waals surface area contributed by atoms with Gasteiger partial charge in [0.25, 0.3) is 0 Å². The molecule has 0 saturated heterocycles. The molecule has 0 spiro atoms. The van der Waals surface area contributed by atoms with Crippen LogP contribution in [0, 0.1) is 0 Å². The zero-order chi connectivity index (χ0) is 12.4. The SMILES string of the molecule is CCCc1cccc(C(Cl)(Cl)C(Cl)(Cl)Cl)c1. The van der Waals surface area contributed by atoms with Crippen molar-refractivity contribution in [1.82, 2.24) is 0 Å². The molecule has 0 saturated carbocycles. The molecule has 0 bridgehead atoms. The van der Waals surface area contributed by atoms with Crippen LogP contribution in [0.25, 0.3) is 0 Å². The molecule has 1 aromatic carbocycles. The summed E-state index contributed by atoms with van der Waals surface area (Å²) in [6.45, 7) is 2.09. The van der Waals surface area contributed by atoms with E-state index in [-0.39, 0.29) is 0 Å². The van der Waals surface area contributed by atoms with Gasteiger partial charge in [-0.05, 0) is 17.5 Å². The molecule has 0 atom stereocenters. The Hall–Kier alpha value is 0.670. The fraction of sp³-hybridized carbons (Fsp3) is 0.455. The first-order chi connectivity index (χ1) is 7.29. The summed E-state index contributed by atoms with van der Waals surface area (Å²) >= 11 is 29.4. The lowest BCUT2D eigenvalue weighted by Gasteiger charge is -2.28. The van der Waals surface area contributed by atoms with Crippen molar-refractivity contribution in [1.29, 1.82) is 0 Å². The lowest BCUT2D eigenvalue weighted by Crippen LogP contribution is -2.28. The predicted octanol–water partition coefficient (Wildman–Crippen LogP) is 5.64. The van der Waals surface area contributed by atoms with Crippen molar-refractivity contribution in [2.45, 2.75) is 27.9 Å². The monoisotopic (exact) mass is 318 g/mol. The minimum atomic E-state index is -1.76. The molecule has 0 unspecified atom stereocenters. The van der Waals surface area contributed by atoms with Crippen molar-refractivity contribution in [3.05, 3.63) is 35.4 Å². The molecule has 0 fully saturated rings. The Labute approximate surface area is 121 Å². The number of hydrogen-bond acceptors (Lipinski definition) is 0. The normalized spacial score (nSPS) is 12.9. The van der Waals surface area contributed by atoms with E-state index in [1.807, 2.05) is 18.2 Å². The summed E-state index contributed by atoms with van der Waals surface area (Å²) in [6, 6.07) is 7.47. The third-order valence-electron chi connectivity index (χ3n) is 2.18. The first kappa shape index (κ1) is 14.7. The molecule has 0 nitrogen and oxygen atoms in total. The molecule has 0 aromatic heterocycles. The quantitative estimate of drug-likeness (QED) is 0.632. The molecule has 1 rings (SSSR count). The van der Waals surface area contributed by atoms with Crippen LogP contribution in [0.4, 0.5) is 0 Å². The first-order valence-electron chi connectivity index (χ1n) is 4.83. The van der Waals surface area contributed by atoms with Crippen LogP contribution in [-0.4, -0.2) is 3.79 Å². The summed E-state index contributed by atoms with van der Waals surface area (Å²) < 4.78 is -3.30. The third-order valence-corrected chi connectivity index (χ3v) is 4.62. The summed E-state index contributed by atoms with van der Waals surface area (Å²) in [5.41, 5.74) is 1.72. The van der Waals surface area contributed by atoms with Crippen molar-refractivity contribution < 1.29 is 0 Å². The fourth-order valence-electron chi connectivity index (χ4n) is 1.37. The molecule has 0 N–H and O–H groups in total. The second-order valence-electron chi connectivity index (χ2n) is 3.52. The minimum absolute atomic E-state index is 0.599. The van der Waals surface area contributed by atoms with Gasteiger partial charge in [-0.2, -0.15) is 0 Å². The van der Waals surface area contributed by atoms with Gasteiger partial charge in [-0.3, -0.25) is 0 Å². The van der Waals surface area contributed by atoms with Gasteiger partial charge in [0.05, 0.1) is 0 Å². The van der Waals surface area contributed by atoms with Crippen molar-refractivity contribution in [3.8, 4) is 0 Å². The van der Waals surface area contributed by atoms with E-state index in [1.54, 1.807) is 6.07 Å². The van der Waals surface area contributed by atoms with Crippen LogP contribution in [0.2, 0.25) is 0 Å². The van der Waals surface area contributed by atoms with Gasteiger partial charge in [-0.15, -0.1) is 0 Å². The second-order valence-corrected chi connectivity index (χ2v) is 7.13. The first-order valence-corrected chi connectivity index (χ1v) is 6.72. The topological polar surface area (TPSA) is 0 Å². The number of rotatable bonds is 3. The van der Waals surface area contributed by atoms with Crippen LogP contribution in [0.15, 0.2) is 24.3 Å². The minimum Gasteiger partial charge on any atom is -0.0915 e. The van der Waals surface area contributed by atoms with Crippen LogP contribution in [0.5, 0.6) is 0 Å². The van der Waals surface area contributed by atoms with Gasteiger partial charge >= 0.3 is 0 Å². The average molecular weight is 320 g/mol. The number of alkyl halides is 5. The Morgan fingerprint density at radius 1 is 1.06 bits per heavy atom. The molecule has 0 aliphatic rings. The van der Waals surface area contributed by atoms with Crippen LogP contribution in [0.1, 0.15) is 24.5 Å². The molecule has 90 valence electrons. The van der Waals surface area contributed by atoms with Crippen LogP contribution in [-0.2, 0) is 10.8 Å². The van der Waals surface area contributed by atoms with Crippen molar-refractivity contribution in [2.24, 2.45) is 0 Å². The largest absolute Gasteiger partial charge is 0.227 e. The highest BCUT2D eigenvalue weighted by molar-refractivity contribution is 6.75. The smallest absolute Gasteiger partial charge is 0.0915 e. The summed E-state index contributed by atoms with van der Waals surface area (Å²) in [5, 5.41) is 0. The number of benzene rings is 1. The van der Waals surface area contributed by atoms with E-state index in [2.05, 4.69) is 6.92 Å². The number of aryl methyl sites for hydroxylation is 1. The van der Waals surface area contributed by atoms with Gasteiger partial charge in [-0.1, -0.05) is 95.6 Å². The van der Waals surface area contributed by atoms with Gasteiger partial charge in [0.15, 0.2) is 4.33 Å². The molecular weight excluding hydrogens is 309 g/mol. The summed E-state index contributed by atoms with van der Waals surface area (Å²) in [7, 11) is 0. The van der Waals surface area contributed by atoms with Crippen LogP contribution < -0.4 is 0 Å². The zero-order valence-corrected chi connectivity index (χ0v) is 12.4. The summed E-state index contributed by atoms with van der Waals surface area (Å²) in [4.78, 5) is 0. The van der Waals surface area contributed by atoms with Crippen LogP contribution in [0.3, 0.4) is 0 Å². The van der Waals surface area contributed by atoms with E-state index in [0.717, 1.165) is 18.4 Å². The van der Waals surface area contributed by atoms with Crippen molar-refractivity contribution in [3.63, 3.8) is 0 Å². The molecule has 1 aromatic rings. The Kier molecular flexibility index (Phi) is 5.10. The predicted molar refractivity (Wildman–Crippen MR) is 74.1 cm³/mol. The summed E-state index contributed by atoms with van der Waals surface area (Å²) in [6.07, 6.45) is 1.98. The maximum absolute atomic E-state index is 6.08. The Morgan fingerprint density at radius 3 is 2.19 bits per heavy atom. The van der Waals surface area contributed by atoms with Gasteiger partial charge < -0.3 is 0 Å². The van der Waals surface area contributed by atoms with Gasteiger partial charge in [0, 0.05) is 0 Å². The van der Waals surface area contributed by atoms with Crippen LogP contribution >= 0.6 is 58.0 Å². The highest BCUT2D eigenvalue weighted by Gasteiger charge is 2.47. The van der Waals surface area contributed by atoms with E-state index in [9.17, 15) is 0 Å². The Balaban J connectivity index is 3.08. The Bertz CT molecular complexity index is 354. The fourth-order valence-corrected chi connectivity index (χ4v) is 1.94. The standard InChI is InChI=1S/C11H11Cl5/c1-2-4-8-5-3-6-9(7-8)10(12,13)11(14,15)16/h3,5-7H,2,4H2,1H3. The highest BCUT2D eigenvalue weighted by atomic mass is 35.6. The molecule has 0 aliphatic heterocycles. The maximum atomic E-state index is 6.08. The van der Waals surface area contributed by atoms with Gasteiger partial charge in [0.1, 0.15) is 0 Å². The Morgan fingerprint density at radius 2 is 1.69 bits per heavy atom. The van der Waals surface area contributed by atoms with E-state index >= 15 is 0 Å². The molecule has 5 heteroatoms. The van der Waals surface area contributed by atoms with E-state index in [0.29, 0.717) is 5.56 Å². The molecular formula is C11H11Cl5.